The lowest BCUT2D eigenvalue weighted by atomic mass is 9.87. The molecule has 1 aliphatic rings. The van der Waals surface area contributed by atoms with Gasteiger partial charge < -0.3 is 25.6 Å². The number of hydrogen-bond acceptors (Lipinski definition) is 5. The maximum Gasteiger partial charge on any atom is 0.255 e. The molecule has 3 rings (SSSR count). The van der Waals surface area contributed by atoms with Crippen LogP contribution in [0.5, 0.6) is 11.5 Å². The van der Waals surface area contributed by atoms with Gasteiger partial charge in [0.15, 0.2) is 0 Å². The number of aliphatic hydroxyl groups excluding tert-OH is 1. The first-order valence-corrected chi connectivity index (χ1v) is 8.04. The third kappa shape index (κ3) is 3.31. The summed E-state index contributed by atoms with van der Waals surface area (Å²) >= 11 is 0. The van der Waals surface area contributed by atoms with Crippen LogP contribution in [0.15, 0.2) is 42.5 Å². The van der Waals surface area contributed by atoms with Crippen molar-refractivity contribution in [3.63, 3.8) is 0 Å². The number of benzene rings is 2. The Labute approximate surface area is 146 Å². The molecular formula is C19H22N2O4. The van der Waals surface area contributed by atoms with Crippen molar-refractivity contribution < 1.29 is 19.4 Å². The normalized spacial score (nSPS) is 21.0. The van der Waals surface area contributed by atoms with E-state index in [1.807, 2.05) is 0 Å². The summed E-state index contributed by atoms with van der Waals surface area (Å²) in [6.07, 6.45) is -0.843. The van der Waals surface area contributed by atoms with E-state index in [1.165, 1.54) is 0 Å². The zero-order valence-electron chi connectivity index (χ0n) is 14.4. The average Bonchev–Trinajstić information content (AvgIpc) is 2.60. The minimum atomic E-state index is -0.843. The molecule has 0 unspecified atom stereocenters. The molecular weight excluding hydrogens is 320 g/mol. The van der Waals surface area contributed by atoms with E-state index < -0.39 is 17.7 Å². The summed E-state index contributed by atoms with van der Waals surface area (Å²) in [6, 6.07) is 11.5. The third-order valence-electron chi connectivity index (χ3n) is 4.38. The molecule has 2 atom stereocenters. The molecule has 0 spiro atoms. The van der Waals surface area contributed by atoms with Gasteiger partial charge in [0.1, 0.15) is 23.2 Å². The molecule has 0 aromatic heterocycles. The summed E-state index contributed by atoms with van der Waals surface area (Å²) in [4.78, 5) is 12.4. The minimum Gasteiger partial charge on any atom is -0.497 e. The number of amides is 1. The third-order valence-corrected chi connectivity index (χ3v) is 4.38. The van der Waals surface area contributed by atoms with Crippen molar-refractivity contribution in [1.82, 2.24) is 0 Å². The Hall–Kier alpha value is -2.57. The van der Waals surface area contributed by atoms with Gasteiger partial charge in [-0.15, -0.1) is 0 Å². The molecule has 4 N–H and O–H groups in total. The Morgan fingerprint density at radius 3 is 2.76 bits per heavy atom. The summed E-state index contributed by atoms with van der Waals surface area (Å²) in [6.45, 7) is 3.58. The fraction of sp³-hybridized carbons (Fsp3) is 0.316. The van der Waals surface area contributed by atoms with E-state index in [0.29, 0.717) is 28.3 Å². The van der Waals surface area contributed by atoms with E-state index in [-0.39, 0.29) is 5.91 Å². The highest BCUT2D eigenvalue weighted by molar-refractivity contribution is 6.04. The highest BCUT2D eigenvalue weighted by atomic mass is 16.5. The molecule has 0 saturated heterocycles. The molecule has 0 aliphatic carbocycles. The zero-order valence-corrected chi connectivity index (χ0v) is 14.4. The lowest BCUT2D eigenvalue weighted by Crippen LogP contribution is -2.51. The molecule has 0 radical (unpaired) electrons. The number of carbonyl (C=O) groups is 1. The molecule has 132 valence electrons. The van der Waals surface area contributed by atoms with E-state index >= 15 is 0 Å². The van der Waals surface area contributed by atoms with Crippen molar-refractivity contribution in [1.29, 1.82) is 0 Å². The number of anilines is 1. The van der Waals surface area contributed by atoms with E-state index in [9.17, 15) is 9.90 Å². The molecule has 25 heavy (non-hydrogen) atoms. The van der Waals surface area contributed by atoms with Crippen LogP contribution >= 0.6 is 0 Å². The molecule has 2 aromatic carbocycles. The molecule has 2 aromatic rings. The Morgan fingerprint density at radius 1 is 1.28 bits per heavy atom. The van der Waals surface area contributed by atoms with E-state index in [4.69, 9.17) is 15.2 Å². The van der Waals surface area contributed by atoms with Crippen molar-refractivity contribution in [2.75, 3.05) is 12.4 Å². The maximum absolute atomic E-state index is 12.4. The summed E-state index contributed by atoms with van der Waals surface area (Å²) in [5.41, 5.74) is 7.12. The van der Waals surface area contributed by atoms with E-state index in [2.05, 4.69) is 5.32 Å². The van der Waals surface area contributed by atoms with Crippen LogP contribution < -0.4 is 20.5 Å². The summed E-state index contributed by atoms with van der Waals surface area (Å²) in [7, 11) is 1.55. The largest absolute Gasteiger partial charge is 0.497 e. The molecule has 1 aliphatic heterocycles. The van der Waals surface area contributed by atoms with Gasteiger partial charge in [-0.1, -0.05) is 6.07 Å². The number of hydrogen-bond donors (Lipinski definition) is 3. The second kappa shape index (κ2) is 6.38. The number of methoxy groups -OCH3 is 1. The van der Waals surface area contributed by atoms with Crippen molar-refractivity contribution >= 4 is 11.6 Å². The highest BCUT2D eigenvalue weighted by Crippen LogP contribution is 2.39. The number of rotatable bonds is 3. The second-order valence-electron chi connectivity index (χ2n) is 6.61. The number of fused-ring (bicyclic) bond motifs is 1. The van der Waals surface area contributed by atoms with Gasteiger partial charge in [-0.2, -0.15) is 0 Å². The molecule has 6 nitrogen and oxygen atoms in total. The van der Waals surface area contributed by atoms with Crippen LogP contribution in [0, 0.1) is 0 Å². The SMILES string of the molecule is COc1cccc(C(=O)Nc2ccc3c(c2)[C@H](N)[C@@H](O)C(C)(C)O3)c1. The van der Waals surface area contributed by atoms with Gasteiger partial charge in [0, 0.05) is 16.8 Å². The van der Waals surface area contributed by atoms with Crippen LogP contribution in [0.1, 0.15) is 35.8 Å². The maximum atomic E-state index is 12.4. The van der Waals surface area contributed by atoms with Gasteiger partial charge >= 0.3 is 0 Å². The molecule has 0 bridgehead atoms. The van der Waals surface area contributed by atoms with Crippen molar-refractivity contribution in [3.05, 3.63) is 53.6 Å². The van der Waals surface area contributed by atoms with Crippen molar-refractivity contribution in [2.45, 2.75) is 31.6 Å². The fourth-order valence-corrected chi connectivity index (χ4v) is 2.89. The number of aliphatic hydroxyl groups is 1. The predicted molar refractivity (Wildman–Crippen MR) is 95.0 cm³/mol. The number of carbonyl (C=O) groups excluding carboxylic acids is 1. The first-order valence-electron chi connectivity index (χ1n) is 8.04. The summed E-state index contributed by atoms with van der Waals surface area (Å²) < 4.78 is 11.0. The molecule has 0 fully saturated rings. The van der Waals surface area contributed by atoms with Gasteiger partial charge in [0.2, 0.25) is 0 Å². The van der Waals surface area contributed by atoms with E-state index in [0.717, 1.165) is 0 Å². The molecule has 6 heteroatoms. The predicted octanol–water partition coefficient (Wildman–Crippen LogP) is 2.48. The highest BCUT2D eigenvalue weighted by Gasteiger charge is 2.41. The second-order valence-corrected chi connectivity index (χ2v) is 6.61. The smallest absolute Gasteiger partial charge is 0.255 e. The number of ether oxygens (including phenoxy) is 2. The quantitative estimate of drug-likeness (QED) is 0.797. The Balaban J connectivity index is 1.84. The first-order chi connectivity index (χ1) is 11.8. The fourth-order valence-electron chi connectivity index (χ4n) is 2.89. The summed E-state index contributed by atoms with van der Waals surface area (Å²) in [5.74, 6) is 0.964. The monoisotopic (exact) mass is 342 g/mol. The first kappa shape index (κ1) is 17.3. The summed E-state index contributed by atoms with van der Waals surface area (Å²) in [5, 5.41) is 13.1. The number of nitrogens with one attached hydrogen (secondary N) is 1. The van der Waals surface area contributed by atoms with Crippen LogP contribution in [0.4, 0.5) is 5.69 Å². The Morgan fingerprint density at radius 2 is 2.04 bits per heavy atom. The van der Waals surface area contributed by atoms with Gasteiger partial charge in [-0.3, -0.25) is 4.79 Å². The van der Waals surface area contributed by atoms with Crippen LogP contribution in [0.25, 0.3) is 0 Å². The molecule has 0 saturated carbocycles. The molecule has 1 heterocycles. The van der Waals surface area contributed by atoms with Gasteiger partial charge in [-0.05, 0) is 50.2 Å². The van der Waals surface area contributed by atoms with Crippen molar-refractivity contribution in [3.8, 4) is 11.5 Å². The molecule has 1 amide bonds. The van der Waals surface area contributed by atoms with Gasteiger partial charge in [0.25, 0.3) is 5.91 Å². The Kier molecular flexibility index (Phi) is 4.41. The van der Waals surface area contributed by atoms with Gasteiger partial charge in [0.05, 0.1) is 13.2 Å². The average molecular weight is 342 g/mol. The topological polar surface area (TPSA) is 93.8 Å². The van der Waals surface area contributed by atoms with Crippen LogP contribution in [-0.4, -0.2) is 29.8 Å². The van der Waals surface area contributed by atoms with Crippen LogP contribution in [0.2, 0.25) is 0 Å². The number of nitrogens with two attached hydrogens (primary N) is 1. The van der Waals surface area contributed by atoms with Gasteiger partial charge in [-0.25, -0.2) is 0 Å². The van der Waals surface area contributed by atoms with Crippen LogP contribution in [0.3, 0.4) is 0 Å². The minimum absolute atomic E-state index is 0.259. The van der Waals surface area contributed by atoms with E-state index in [1.54, 1.807) is 63.4 Å². The Bertz CT molecular complexity index is 804. The van der Waals surface area contributed by atoms with Crippen molar-refractivity contribution in [2.24, 2.45) is 5.73 Å². The standard InChI is InChI=1S/C19H22N2O4/c1-19(2)17(22)16(20)14-10-12(7-8-15(14)25-19)21-18(23)11-5-4-6-13(9-11)24-3/h4-10,16-17,22H,20H2,1-3H3,(H,21,23)/t16-,17+/m0/s1. The lowest BCUT2D eigenvalue weighted by molar-refractivity contribution is -0.0571. The zero-order chi connectivity index (χ0) is 18.2. The van der Waals surface area contributed by atoms with Crippen LogP contribution in [-0.2, 0) is 0 Å². The lowest BCUT2D eigenvalue weighted by Gasteiger charge is -2.40.